The fourth-order valence-corrected chi connectivity index (χ4v) is 2.34. The molecule has 0 aliphatic heterocycles. The summed E-state index contributed by atoms with van der Waals surface area (Å²) in [6.07, 6.45) is 0. The Kier molecular flexibility index (Phi) is 3.98. The van der Waals surface area contributed by atoms with E-state index in [-0.39, 0.29) is 11.9 Å². The number of halogens is 1. The average molecular weight is 258 g/mol. The van der Waals surface area contributed by atoms with Crippen LogP contribution in [0.25, 0.3) is 0 Å². The summed E-state index contributed by atoms with van der Waals surface area (Å²) in [6.45, 7) is 6.03. The maximum absolute atomic E-state index is 13.5. The van der Waals surface area contributed by atoms with Gasteiger partial charge in [0.05, 0.1) is 6.04 Å². The van der Waals surface area contributed by atoms with Gasteiger partial charge >= 0.3 is 0 Å². The first-order valence-electron chi connectivity index (χ1n) is 6.32. The highest BCUT2D eigenvalue weighted by Crippen LogP contribution is 2.28. The van der Waals surface area contributed by atoms with E-state index in [0.717, 1.165) is 27.8 Å². The maximum Gasteiger partial charge on any atom is 0.123 e. The third-order valence-corrected chi connectivity index (χ3v) is 3.46. The van der Waals surface area contributed by atoms with Gasteiger partial charge in [-0.3, -0.25) is 5.84 Å². The third kappa shape index (κ3) is 2.83. The normalized spacial score (nSPS) is 12.5. The summed E-state index contributed by atoms with van der Waals surface area (Å²) in [4.78, 5) is 0. The molecular formula is C16H19FN2. The first kappa shape index (κ1) is 13.7. The second kappa shape index (κ2) is 5.51. The number of hydrogen-bond donors (Lipinski definition) is 2. The predicted octanol–water partition coefficient (Wildman–Crippen LogP) is 3.30. The monoisotopic (exact) mass is 258 g/mol. The molecule has 3 N–H and O–H groups in total. The van der Waals surface area contributed by atoms with E-state index in [2.05, 4.69) is 23.6 Å². The van der Waals surface area contributed by atoms with Crippen molar-refractivity contribution in [2.24, 2.45) is 5.84 Å². The number of nitrogens with two attached hydrogens (primary N) is 1. The molecule has 1 unspecified atom stereocenters. The van der Waals surface area contributed by atoms with Crippen LogP contribution in [0.5, 0.6) is 0 Å². The minimum Gasteiger partial charge on any atom is -0.271 e. The van der Waals surface area contributed by atoms with Gasteiger partial charge < -0.3 is 0 Å². The molecule has 0 heterocycles. The topological polar surface area (TPSA) is 38.0 Å². The first-order chi connectivity index (χ1) is 9.02. The molecule has 3 heteroatoms. The highest BCUT2D eigenvalue weighted by Gasteiger charge is 2.17. The average Bonchev–Trinajstić information content (AvgIpc) is 2.38. The SMILES string of the molecule is Cc1ccc(C)c(C(NN)c2cc(F)ccc2C)c1. The largest absolute Gasteiger partial charge is 0.271 e. The molecule has 2 rings (SSSR count). The van der Waals surface area contributed by atoms with Gasteiger partial charge in [0.2, 0.25) is 0 Å². The van der Waals surface area contributed by atoms with Crippen molar-refractivity contribution >= 4 is 0 Å². The maximum atomic E-state index is 13.5. The molecule has 2 nitrogen and oxygen atoms in total. The number of hydrogen-bond acceptors (Lipinski definition) is 2. The smallest absolute Gasteiger partial charge is 0.123 e. The zero-order valence-electron chi connectivity index (χ0n) is 11.5. The second-order valence-electron chi connectivity index (χ2n) is 4.96. The van der Waals surface area contributed by atoms with Crippen molar-refractivity contribution in [3.8, 4) is 0 Å². The lowest BCUT2D eigenvalue weighted by molar-refractivity contribution is 0.601. The summed E-state index contributed by atoms with van der Waals surface area (Å²) in [5, 5.41) is 0. The molecule has 0 fully saturated rings. The minimum atomic E-state index is -0.244. The van der Waals surface area contributed by atoms with Crippen molar-refractivity contribution in [2.45, 2.75) is 26.8 Å². The molecule has 0 aliphatic carbocycles. The van der Waals surface area contributed by atoms with E-state index in [1.807, 2.05) is 20.8 Å². The zero-order chi connectivity index (χ0) is 14.0. The summed E-state index contributed by atoms with van der Waals surface area (Å²) in [5.41, 5.74) is 8.07. The van der Waals surface area contributed by atoms with Crippen molar-refractivity contribution in [3.63, 3.8) is 0 Å². The van der Waals surface area contributed by atoms with Gasteiger partial charge in [0.25, 0.3) is 0 Å². The van der Waals surface area contributed by atoms with Gasteiger partial charge in [0.1, 0.15) is 5.82 Å². The Labute approximate surface area is 113 Å². The second-order valence-corrected chi connectivity index (χ2v) is 4.96. The van der Waals surface area contributed by atoms with Gasteiger partial charge in [-0.1, -0.05) is 29.8 Å². The summed E-state index contributed by atoms with van der Waals surface area (Å²) in [6, 6.07) is 10.8. The molecule has 2 aromatic rings. The number of nitrogens with one attached hydrogen (secondary N) is 1. The summed E-state index contributed by atoms with van der Waals surface area (Å²) >= 11 is 0. The third-order valence-electron chi connectivity index (χ3n) is 3.46. The molecule has 0 bridgehead atoms. The van der Waals surface area contributed by atoms with Gasteiger partial charge in [-0.25, -0.2) is 9.82 Å². The van der Waals surface area contributed by atoms with Crippen LogP contribution >= 0.6 is 0 Å². The number of hydrazine groups is 1. The molecule has 0 aliphatic rings. The zero-order valence-corrected chi connectivity index (χ0v) is 11.5. The van der Waals surface area contributed by atoms with E-state index in [1.54, 1.807) is 12.1 Å². The molecule has 0 amide bonds. The minimum absolute atomic E-state index is 0.199. The number of rotatable bonds is 3. The van der Waals surface area contributed by atoms with Crippen molar-refractivity contribution in [2.75, 3.05) is 0 Å². The molecule has 0 radical (unpaired) electrons. The Morgan fingerprint density at radius 3 is 2.16 bits per heavy atom. The van der Waals surface area contributed by atoms with Crippen LogP contribution in [0.4, 0.5) is 4.39 Å². The van der Waals surface area contributed by atoms with Crippen LogP contribution < -0.4 is 11.3 Å². The lowest BCUT2D eigenvalue weighted by atomic mass is 9.91. The van der Waals surface area contributed by atoms with Gasteiger partial charge in [-0.2, -0.15) is 0 Å². The van der Waals surface area contributed by atoms with Gasteiger partial charge in [0.15, 0.2) is 0 Å². The van der Waals surface area contributed by atoms with Crippen molar-refractivity contribution in [1.29, 1.82) is 0 Å². The van der Waals surface area contributed by atoms with Crippen LogP contribution in [0.1, 0.15) is 33.9 Å². The van der Waals surface area contributed by atoms with Crippen molar-refractivity contribution in [3.05, 3.63) is 70.0 Å². The van der Waals surface area contributed by atoms with Crippen LogP contribution in [-0.2, 0) is 0 Å². The highest BCUT2D eigenvalue weighted by molar-refractivity contribution is 5.41. The van der Waals surface area contributed by atoms with Crippen molar-refractivity contribution < 1.29 is 4.39 Å². The van der Waals surface area contributed by atoms with E-state index >= 15 is 0 Å². The Morgan fingerprint density at radius 1 is 0.947 bits per heavy atom. The molecule has 1 atom stereocenters. The molecule has 0 saturated heterocycles. The summed E-state index contributed by atoms with van der Waals surface area (Å²) in [5.74, 6) is 5.46. The fourth-order valence-electron chi connectivity index (χ4n) is 2.34. The van der Waals surface area contributed by atoms with Crippen LogP contribution in [-0.4, -0.2) is 0 Å². The van der Waals surface area contributed by atoms with E-state index in [4.69, 9.17) is 5.84 Å². The van der Waals surface area contributed by atoms with E-state index in [0.29, 0.717) is 0 Å². The van der Waals surface area contributed by atoms with Gasteiger partial charge in [-0.05, 0) is 55.2 Å². The summed E-state index contributed by atoms with van der Waals surface area (Å²) < 4.78 is 13.5. The van der Waals surface area contributed by atoms with E-state index < -0.39 is 0 Å². The molecule has 0 aromatic heterocycles. The lowest BCUT2D eigenvalue weighted by Gasteiger charge is -2.21. The van der Waals surface area contributed by atoms with Crippen LogP contribution in [0.15, 0.2) is 36.4 Å². The predicted molar refractivity (Wildman–Crippen MR) is 76.2 cm³/mol. The fraction of sp³-hybridized carbons (Fsp3) is 0.250. The summed E-state index contributed by atoms with van der Waals surface area (Å²) in [7, 11) is 0. The Hall–Kier alpha value is -1.71. The molecule has 0 spiro atoms. The quantitative estimate of drug-likeness (QED) is 0.655. The number of benzene rings is 2. The Balaban J connectivity index is 2.55. The molecule has 0 saturated carbocycles. The molecular weight excluding hydrogens is 239 g/mol. The van der Waals surface area contributed by atoms with Crippen LogP contribution in [0, 0.1) is 26.6 Å². The van der Waals surface area contributed by atoms with E-state index in [1.165, 1.54) is 6.07 Å². The van der Waals surface area contributed by atoms with Gasteiger partial charge in [-0.15, -0.1) is 0 Å². The first-order valence-corrected chi connectivity index (χ1v) is 6.32. The Bertz CT molecular complexity index is 542. The van der Waals surface area contributed by atoms with Crippen molar-refractivity contribution in [1.82, 2.24) is 5.43 Å². The molecule has 2 aromatic carbocycles. The molecule has 100 valence electrons. The standard InChI is InChI=1S/C16H19FN2/c1-10-4-5-11(2)14(8-10)16(19-18)15-9-13(17)7-6-12(15)3/h4-9,16,19H,18H2,1-3H3. The highest BCUT2D eigenvalue weighted by atomic mass is 19.1. The lowest BCUT2D eigenvalue weighted by Crippen LogP contribution is -2.30. The Morgan fingerprint density at radius 2 is 1.53 bits per heavy atom. The molecule has 19 heavy (non-hydrogen) atoms. The number of aryl methyl sites for hydroxylation is 3. The van der Waals surface area contributed by atoms with Gasteiger partial charge in [0, 0.05) is 0 Å². The van der Waals surface area contributed by atoms with Crippen LogP contribution in [0.2, 0.25) is 0 Å². The van der Waals surface area contributed by atoms with Crippen LogP contribution in [0.3, 0.4) is 0 Å². The van der Waals surface area contributed by atoms with E-state index in [9.17, 15) is 4.39 Å².